The zero-order valence-electron chi connectivity index (χ0n) is 20.1. The Kier molecular flexibility index (Phi) is 6.52. The maximum Gasteiger partial charge on any atom is 0.336 e. The molecule has 1 aromatic rings. The van der Waals surface area contributed by atoms with Crippen LogP contribution in [0, 0.1) is 5.41 Å². The molecule has 0 amide bonds. The quantitative estimate of drug-likeness (QED) is 0.649. The third kappa shape index (κ3) is 4.64. The number of Topliss-reactive ketones (excluding diaryl/α,β-unsaturated/α-hetero) is 1. The van der Waals surface area contributed by atoms with Crippen molar-refractivity contribution in [2.45, 2.75) is 58.5 Å². The Morgan fingerprint density at radius 3 is 2.67 bits per heavy atom. The summed E-state index contributed by atoms with van der Waals surface area (Å²) in [6.07, 6.45) is 2.91. The van der Waals surface area contributed by atoms with Gasteiger partial charge in [-0.15, -0.1) is 0 Å². The summed E-state index contributed by atoms with van der Waals surface area (Å²) in [4.78, 5) is 26.8. The molecular weight excluding hydrogens is 422 g/mol. The highest BCUT2D eigenvalue weighted by Crippen LogP contribution is 2.49. The molecule has 1 N–H and O–H groups in total. The van der Waals surface area contributed by atoms with Crippen LogP contribution in [-0.4, -0.2) is 45.3 Å². The molecule has 2 heterocycles. The van der Waals surface area contributed by atoms with E-state index in [9.17, 15) is 9.59 Å². The summed E-state index contributed by atoms with van der Waals surface area (Å²) < 4.78 is 22.3. The third-order valence-corrected chi connectivity index (χ3v) is 6.64. The van der Waals surface area contributed by atoms with Crippen LogP contribution in [0.25, 0.3) is 0 Å². The molecule has 0 unspecified atom stereocenters. The van der Waals surface area contributed by atoms with Crippen LogP contribution >= 0.6 is 0 Å². The Bertz CT molecular complexity index is 1020. The lowest BCUT2D eigenvalue weighted by Crippen LogP contribution is -2.39. The topological polar surface area (TPSA) is 83.1 Å². The van der Waals surface area contributed by atoms with Crippen molar-refractivity contribution in [3.63, 3.8) is 0 Å². The van der Waals surface area contributed by atoms with E-state index in [1.807, 2.05) is 19.1 Å². The van der Waals surface area contributed by atoms with Gasteiger partial charge in [0.2, 0.25) is 0 Å². The lowest BCUT2D eigenvalue weighted by Gasteiger charge is -2.39. The molecular formula is C26H33NO6. The Morgan fingerprint density at radius 2 is 2.00 bits per heavy atom. The molecule has 7 heteroatoms. The zero-order chi connectivity index (χ0) is 23.8. The van der Waals surface area contributed by atoms with E-state index in [2.05, 4.69) is 19.2 Å². The predicted molar refractivity (Wildman–Crippen MR) is 123 cm³/mol. The second-order valence-corrected chi connectivity index (χ2v) is 9.77. The average molecular weight is 456 g/mol. The van der Waals surface area contributed by atoms with Gasteiger partial charge in [0.25, 0.3) is 0 Å². The molecule has 0 aromatic heterocycles. The monoisotopic (exact) mass is 455 g/mol. The van der Waals surface area contributed by atoms with Crippen molar-refractivity contribution in [1.82, 2.24) is 5.32 Å². The minimum atomic E-state index is -0.581. The van der Waals surface area contributed by atoms with Gasteiger partial charge < -0.3 is 24.3 Å². The number of esters is 1. The van der Waals surface area contributed by atoms with Crippen LogP contribution < -0.4 is 14.8 Å². The van der Waals surface area contributed by atoms with E-state index in [-0.39, 0.29) is 23.9 Å². The third-order valence-electron chi connectivity index (χ3n) is 6.64. The second-order valence-electron chi connectivity index (χ2n) is 9.77. The Balaban J connectivity index is 1.78. The van der Waals surface area contributed by atoms with E-state index in [0.717, 1.165) is 30.5 Å². The van der Waals surface area contributed by atoms with Crippen LogP contribution in [0.2, 0.25) is 0 Å². The van der Waals surface area contributed by atoms with Crippen molar-refractivity contribution in [2.24, 2.45) is 5.41 Å². The van der Waals surface area contributed by atoms with Crippen LogP contribution in [0.15, 0.2) is 40.7 Å². The first-order chi connectivity index (χ1) is 15.7. The SMILES string of the molecule is COc1ccc([C@@H]2C(C(=O)OC[C@H]3CCCO3)=C(C)NC3=C2C(=O)CC(C)(C)C3)c(OC)c1. The van der Waals surface area contributed by atoms with Gasteiger partial charge >= 0.3 is 5.97 Å². The van der Waals surface area contributed by atoms with Gasteiger partial charge in [0.05, 0.1) is 31.8 Å². The van der Waals surface area contributed by atoms with Crippen molar-refractivity contribution in [3.8, 4) is 11.5 Å². The molecule has 0 spiro atoms. The van der Waals surface area contributed by atoms with Crippen LogP contribution in [0.4, 0.5) is 0 Å². The first-order valence-corrected chi connectivity index (χ1v) is 11.5. The van der Waals surface area contributed by atoms with E-state index in [0.29, 0.717) is 41.4 Å². The molecule has 1 aliphatic carbocycles. The number of nitrogens with one attached hydrogen (secondary N) is 1. The molecule has 0 radical (unpaired) electrons. The number of methoxy groups -OCH3 is 2. The number of benzene rings is 1. The molecule has 4 rings (SSSR count). The van der Waals surface area contributed by atoms with E-state index in [1.54, 1.807) is 20.3 Å². The number of hydrogen-bond donors (Lipinski definition) is 1. The van der Waals surface area contributed by atoms with E-state index < -0.39 is 11.9 Å². The summed E-state index contributed by atoms with van der Waals surface area (Å²) in [5.74, 6) is 0.208. The highest BCUT2D eigenvalue weighted by Gasteiger charge is 2.44. The van der Waals surface area contributed by atoms with E-state index >= 15 is 0 Å². The summed E-state index contributed by atoms with van der Waals surface area (Å²) in [7, 11) is 3.16. The van der Waals surface area contributed by atoms with Gasteiger partial charge in [-0.1, -0.05) is 19.9 Å². The number of dihydropyridines is 1. The van der Waals surface area contributed by atoms with E-state index in [1.165, 1.54) is 0 Å². The number of carbonyl (C=O) groups excluding carboxylic acids is 2. The highest BCUT2D eigenvalue weighted by atomic mass is 16.6. The highest BCUT2D eigenvalue weighted by molar-refractivity contribution is 6.04. The number of carbonyl (C=O) groups is 2. The number of allylic oxidation sites excluding steroid dienone is 3. The van der Waals surface area contributed by atoms with Gasteiger partial charge in [-0.05, 0) is 37.7 Å². The van der Waals surface area contributed by atoms with Gasteiger partial charge in [0, 0.05) is 41.6 Å². The molecule has 178 valence electrons. The van der Waals surface area contributed by atoms with Crippen LogP contribution in [0.1, 0.15) is 57.9 Å². The lowest BCUT2D eigenvalue weighted by molar-refractivity contribution is -0.142. The Morgan fingerprint density at radius 1 is 1.21 bits per heavy atom. The van der Waals surface area contributed by atoms with Gasteiger partial charge in [-0.3, -0.25) is 4.79 Å². The minimum absolute atomic E-state index is 0.0357. The molecule has 1 aromatic carbocycles. The molecule has 3 aliphatic rings. The van der Waals surface area contributed by atoms with Crippen LogP contribution in [0.5, 0.6) is 11.5 Å². The number of rotatable bonds is 6. The fourth-order valence-electron chi connectivity index (χ4n) is 5.10. The summed E-state index contributed by atoms with van der Waals surface area (Å²) in [6.45, 7) is 6.93. The molecule has 0 saturated carbocycles. The summed E-state index contributed by atoms with van der Waals surface area (Å²) in [6, 6.07) is 5.47. The fraction of sp³-hybridized carbons (Fsp3) is 0.538. The van der Waals surface area contributed by atoms with Gasteiger partial charge in [-0.2, -0.15) is 0 Å². The van der Waals surface area contributed by atoms with Crippen molar-refractivity contribution in [1.29, 1.82) is 0 Å². The smallest absolute Gasteiger partial charge is 0.336 e. The Hall–Kier alpha value is -2.80. The largest absolute Gasteiger partial charge is 0.497 e. The van der Waals surface area contributed by atoms with Gasteiger partial charge in [0.1, 0.15) is 18.1 Å². The average Bonchev–Trinajstić information content (AvgIpc) is 3.29. The van der Waals surface area contributed by atoms with Gasteiger partial charge in [0.15, 0.2) is 5.78 Å². The maximum absolute atomic E-state index is 13.4. The molecule has 2 aliphatic heterocycles. The van der Waals surface area contributed by atoms with Crippen LogP contribution in [-0.2, 0) is 19.1 Å². The number of hydrogen-bond acceptors (Lipinski definition) is 7. The van der Waals surface area contributed by atoms with Crippen molar-refractivity contribution in [2.75, 3.05) is 27.4 Å². The zero-order valence-corrected chi connectivity index (χ0v) is 20.1. The standard InChI is InChI=1S/C26H33NO6/c1-15-22(25(29)33-14-17-7-6-10-32-17)23(18-9-8-16(30-4)11-21(18)31-5)24-19(27-15)12-26(2,3)13-20(24)28/h8-9,11,17,23,27H,6-7,10,12-14H2,1-5H3/t17-,23-/m1/s1. The van der Waals surface area contributed by atoms with Crippen molar-refractivity contribution in [3.05, 3.63) is 46.3 Å². The summed E-state index contributed by atoms with van der Waals surface area (Å²) in [5, 5.41) is 3.36. The second kappa shape index (κ2) is 9.21. The molecule has 1 fully saturated rings. The summed E-state index contributed by atoms with van der Waals surface area (Å²) >= 11 is 0. The normalized spacial score (nSPS) is 24.3. The predicted octanol–water partition coefficient (Wildman–Crippen LogP) is 4.03. The van der Waals surface area contributed by atoms with Gasteiger partial charge in [-0.25, -0.2) is 4.79 Å². The summed E-state index contributed by atoms with van der Waals surface area (Å²) in [5.41, 5.74) is 3.20. The minimum Gasteiger partial charge on any atom is -0.497 e. The van der Waals surface area contributed by atoms with Crippen molar-refractivity contribution >= 4 is 11.8 Å². The molecule has 0 bridgehead atoms. The van der Waals surface area contributed by atoms with Crippen LogP contribution in [0.3, 0.4) is 0 Å². The molecule has 7 nitrogen and oxygen atoms in total. The van der Waals surface area contributed by atoms with Crippen molar-refractivity contribution < 1.29 is 28.5 Å². The molecule has 33 heavy (non-hydrogen) atoms. The maximum atomic E-state index is 13.4. The Labute approximate surface area is 195 Å². The molecule has 2 atom stereocenters. The first kappa shape index (κ1) is 23.4. The first-order valence-electron chi connectivity index (χ1n) is 11.5. The number of ketones is 1. The number of ether oxygens (including phenoxy) is 4. The molecule has 1 saturated heterocycles. The van der Waals surface area contributed by atoms with E-state index in [4.69, 9.17) is 18.9 Å². The fourth-order valence-corrected chi connectivity index (χ4v) is 5.10. The lowest BCUT2D eigenvalue weighted by atomic mass is 9.68.